The highest BCUT2D eigenvalue weighted by atomic mass is 32.2. The van der Waals surface area contributed by atoms with Crippen LogP contribution in [-0.2, 0) is 14.6 Å². The molecule has 1 heterocycles. The fraction of sp³-hybridized carbons (Fsp3) is 0.900. The molecule has 94 valence electrons. The Morgan fingerprint density at radius 2 is 2.12 bits per heavy atom. The van der Waals surface area contributed by atoms with Crippen molar-refractivity contribution in [3.05, 3.63) is 0 Å². The Labute approximate surface area is 96.4 Å². The molecular formula is C10H19NO4S. The van der Waals surface area contributed by atoms with Crippen molar-refractivity contribution in [1.29, 1.82) is 0 Å². The summed E-state index contributed by atoms with van der Waals surface area (Å²) in [7, 11) is -2.94. The van der Waals surface area contributed by atoms with Gasteiger partial charge < -0.3 is 5.11 Å². The average Bonchev–Trinajstić information content (AvgIpc) is 2.44. The standard InChI is InChI=1S/C10H19NO4S/c1-8-4-6-11(9(8)10(12)13)5-3-7-16(2,14)15/h8-9H,3-7H2,1-2H3,(H,12,13). The number of sulfone groups is 1. The fourth-order valence-corrected chi connectivity index (χ4v) is 2.86. The van der Waals surface area contributed by atoms with Crippen LogP contribution >= 0.6 is 0 Å². The Kier molecular flexibility index (Phi) is 4.32. The van der Waals surface area contributed by atoms with Crippen LogP contribution in [0.5, 0.6) is 0 Å². The van der Waals surface area contributed by atoms with Crippen LogP contribution in [0.2, 0.25) is 0 Å². The molecule has 0 saturated carbocycles. The van der Waals surface area contributed by atoms with Gasteiger partial charge in [0.1, 0.15) is 15.9 Å². The minimum Gasteiger partial charge on any atom is -0.480 e. The molecule has 1 saturated heterocycles. The molecule has 0 spiro atoms. The molecule has 2 atom stereocenters. The number of carboxylic acids is 1. The van der Waals surface area contributed by atoms with E-state index in [-0.39, 0.29) is 11.7 Å². The van der Waals surface area contributed by atoms with Crippen molar-refractivity contribution in [2.75, 3.05) is 25.1 Å². The van der Waals surface area contributed by atoms with Crippen LogP contribution in [0.1, 0.15) is 19.8 Å². The Balaban J connectivity index is 2.45. The van der Waals surface area contributed by atoms with Crippen molar-refractivity contribution >= 4 is 15.8 Å². The summed E-state index contributed by atoms with van der Waals surface area (Å²) < 4.78 is 21.9. The fourth-order valence-electron chi connectivity index (χ4n) is 2.21. The smallest absolute Gasteiger partial charge is 0.321 e. The van der Waals surface area contributed by atoms with Gasteiger partial charge in [-0.05, 0) is 31.8 Å². The van der Waals surface area contributed by atoms with E-state index in [0.717, 1.165) is 13.0 Å². The third-order valence-corrected chi connectivity index (χ3v) is 4.05. The first-order chi connectivity index (χ1) is 7.31. The van der Waals surface area contributed by atoms with E-state index < -0.39 is 21.8 Å². The number of aliphatic carboxylic acids is 1. The summed E-state index contributed by atoms with van der Waals surface area (Å²) in [5, 5.41) is 9.05. The second kappa shape index (κ2) is 5.14. The van der Waals surface area contributed by atoms with E-state index in [2.05, 4.69) is 0 Å². The largest absolute Gasteiger partial charge is 0.480 e. The minimum atomic E-state index is -2.94. The molecule has 2 unspecified atom stereocenters. The number of hydrogen-bond donors (Lipinski definition) is 1. The zero-order valence-electron chi connectivity index (χ0n) is 9.72. The van der Waals surface area contributed by atoms with Crippen LogP contribution in [0, 0.1) is 5.92 Å². The third kappa shape index (κ3) is 3.75. The molecule has 16 heavy (non-hydrogen) atoms. The molecule has 0 bridgehead atoms. The monoisotopic (exact) mass is 249 g/mol. The van der Waals surface area contributed by atoms with Crippen LogP contribution in [-0.4, -0.2) is 55.5 Å². The quantitative estimate of drug-likeness (QED) is 0.754. The lowest BCUT2D eigenvalue weighted by Crippen LogP contribution is -2.39. The molecule has 0 aromatic heterocycles. The summed E-state index contributed by atoms with van der Waals surface area (Å²) >= 11 is 0. The van der Waals surface area contributed by atoms with E-state index in [1.807, 2.05) is 11.8 Å². The minimum absolute atomic E-state index is 0.129. The summed E-state index contributed by atoms with van der Waals surface area (Å²) in [6.07, 6.45) is 2.58. The van der Waals surface area contributed by atoms with Crippen molar-refractivity contribution in [2.24, 2.45) is 5.92 Å². The second-order valence-corrected chi connectivity index (χ2v) is 6.83. The van der Waals surface area contributed by atoms with E-state index in [4.69, 9.17) is 5.11 Å². The zero-order chi connectivity index (χ0) is 12.3. The van der Waals surface area contributed by atoms with Gasteiger partial charge in [0, 0.05) is 6.26 Å². The maximum Gasteiger partial charge on any atom is 0.321 e. The normalized spacial score (nSPS) is 27.1. The molecule has 0 aromatic rings. The molecule has 6 heteroatoms. The van der Waals surface area contributed by atoms with Gasteiger partial charge in [0.25, 0.3) is 0 Å². The van der Waals surface area contributed by atoms with Gasteiger partial charge in [0.2, 0.25) is 0 Å². The van der Waals surface area contributed by atoms with Gasteiger partial charge >= 0.3 is 5.97 Å². The van der Waals surface area contributed by atoms with Gasteiger partial charge in [-0.2, -0.15) is 0 Å². The van der Waals surface area contributed by atoms with Crippen molar-refractivity contribution in [3.8, 4) is 0 Å². The van der Waals surface area contributed by atoms with Crippen LogP contribution in [0.25, 0.3) is 0 Å². The molecule has 1 aliphatic rings. The van der Waals surface area contributed by atoms with E-state index in [0.29, 0.717) is 13.0 Å². The molecule has 1 aliphatic heterocycles. The van der Waals surface area contributed by atoms with E-state index in [1.54, 1.807) is 0 Å². The second-order valence-electron chi connectivity index (χ2n) is 4.57. The number of carboxylic acid groups (broad SMARTS) is 1. The predicted molar refractivity (Wildman–Crippen MR) is 61.1 cm³/mol. The van der Waals surface area contributed by atoms with Gasteiger partial charge in [0.15, 0.2) is 0 Å². The molecule has 1 fully saturated rings. The number of nitrogens with zero attached hydrogens (tertiary/aromatic N) is 1. The average molecular weight is 249 g/mol. The van der Waals surface area contributed by atoms with Crippen LogP contribution in [0.15, 0.2) is 0 Å². The lowest BCUT2D eigenvalue weighted by molar-refractivity contribution is -0.143. The summed E-state index contributed by atoms with van der Waals surface area (Å²) in [6, 6.07) is -0.445. The van der Waals surface area contributed by atoms with Crippen LogP contribution in [0.3, 0.4) is 0 Å². The van der Waals surface area contributed by atoms with Crippen molar-refractivity contribution in [2.45, 2.75) is 25.8 Å². The first kappa shape index (κ1) is 13.4. The lowest BCUT2D eigenvalue weighted by atomic mass is 10.0. The lowest BCUT2D eigenvalue weighted by Gasteiger charge is -2.22. The number of rotatable bonds is 5. The molecule has 1 N–H and O–H groups in total. The molecular weight excluding hydrogens is 230 g/mol. The highest BCUT2D eigenvalue weighted by Gasteiger charge is 2.36. The first-order valence-electron chi connectivity index (χ1n) is 5.46. The maximum atomic E-state index is 11.0. The first-order valence-corrected chi connectivity index (χ1v) is 7.52. The maximum absolute atomic E-state index is 11.0. The number of likely N-dealkylation sites (tertiary alicyclic amines) is 1. The van der Waals surface area contributed by atoms with Crippen molar-refractivity contribution in [3.63, 3.8) is 0 Å². The molecule has 0 aliphatic carbocycles. The van der Waals surface area contributed by atoms with E-state index in [9.17, 15) is 13.2 Å². The topological polar surface area (TPSA) is 74.7 Å². The van der Waals surface area contributed by atoms with Gasteiger partial charge in [-0.3, -0.25) is 9.69 Å². The van der Waals surface area contributed by atoms with Gasteiger partial charge in [-0.15, -0.1) is 0 Å². The molecule has 0 aromatic carbocycles. The summed E-state index contributed by atoms with van der Waals surface area (Å²) in [5.74, 6) is -0.524. The third-order valence-electron chi connectivity index (χ3n) is 3.02. The molecule has 0 amide bonds. The number of hydrogen-bond acceptors (Lipinski definition) is 4. The van der Waals surface area contributed by atoms with E-state index >= 15 is 0 Å². The summed E-state index contributed by atoms with van der Waals surface area (Å²) in [4.78, 5) is 12.9. The predicted octanol–water partition coefficient (Wildman–Crippen LogP) is 0.216. The summed E-state index contributed by atoms with van der Waals surface area (Å²) in [6.45, 7) is 3.23. The zero-order valence-corrected chi connectivity index (χ0v) is 10.5. The van der Waals surface area contributed by atoms with Crippen LogP contribution < -0.4 is 0 Å². The Bertz CT molecular complexity index is 352. The van der Waals surface area contributed by atoms with Gasteiger partial charge in [-0.1, -0.05) is 6.92 Å². The van der Waals surface area contributed by atoms with Crippen LogP contribution in [0.4, 0.5) is 0 Å². The molecule has 0 radical (unpaired) electrons. The Hall–Kier alpha value is -0.620. The van der Waals surface area contributed by atoms with Gasteiger partial charge in [-0.25, -0.2) is 8.42 Å². The van der Waals surface area contributed by atoms with Gasteiger partial charge in [0.05, 0.1) is 5.75 Å². The Morgan fingerprint density at radius 3 is 2.62 bits per heavy atom. The van der Waals surface area contributed by atoms with Crippen molar-refractivity contribution in [1.82, 2.24) is 4.90 Å². The highest BCUT2D eigenvalue weighted by Crippen LogP contribution is 2.24. The number of carbonyl (C=O) groups is 1. The SMILES string of the molecule is CC1CCN(CCCS(C)(=O)=O)C1C(=O)O. The van der Waals surface area contributed by atoms with E-state index in [1.165, 1.54) is 6.26 Å². The Morgan fingerprint density at radius 1 is 1.50 bits per heavy atom. The molecule has 5 nitrogen and oxygen atoms in total. The molecule has 1 rings (SSSR count). The highest BCUT2D eigenvalue weighted by molar-refractivity contribution is 7.90. The van der Waals surface area contributed by atoms with Crippen molar-refractivity contribution < 1.29 is 18.3 Å². The summed E-state index contributed by atoms with van der Waals surface area (Å²) in [5.41, 5.74) is 0.